The lowest BCUT2D eigenvalue weighted by atomic mass is 10.2. The smallest absolute Gasteiger partial charge is 0.282 e. The van der Waals surface area contributed by atoms with Crippen LogP contribution in [0.4, 0.5) is 31.7 Å². The number of aromatic nitrogens is 1. The van der Waals surface area contributed by atoms with Crippen molar-refractivity contribution in [3.8, 4) is 0 Å². The van der Waals surface area contributed by atoms with Gasteiger partial charge in [-0.05, 0) is 37.4 Å². The summed E-state index contributed by atoms with van der Waals surface area (Å²) in [4.78, 5) is 4.86. The van der Waals surface area contributed by atoms with Crippen LogP contribution in [0.3, 0.4) is 0 Å². The number of sulfonamides is 1. The number of hydrogen-bond acceptors (Lipinski definition) is 6. The van der Waals surface area contributed by atoms with E-state index in [4.69, 9.17) is 23.4 Å². The Hall–Kier alpha value is -2.66. The van der Waals surface area contributed by atoms with Crippen LogP contribution in [0.15, 0.2) is 59.6 Å². The molecule has 0 saturated carbocycles. The van der Waals surface area contributed by atoms with Crippen LogP contribution in [0, 0.1) is 11.6 Å². The fraction of sp³-hybridized carbons (Fsp3) is 0.190. The van der Waals surface area contributed by atoms with E-state index in [0.717, 1.165) is 49.2 Å². The minimum atomic E-state index is -4.57. The van der Waals surface area contributed by atoms with Gasteiger partial charge in [-0.1, -0.05) is 23.7 Å². The molecule has 0 aliphatic rings. The molecule has 176 valence electrons. The molecule has 0 fully saturated rings. The molecule has 1 aromatic heterocycles. The Labute approximate surface area is 201 Å². The van der Waals surface area contributed by atoms with Gasteiger partial charge in [0.1, 0.15) is 16.5 Å². The molecule has 0 spiro atoms. The first-order valence-corrected chi connectivity index (χ1v) is 11.8. The van der Waals surface area contributed by atoms with E-state index in [2.05, 4.69) is 15.6 Å². The van der Waals surface area contributed by atoms with Crippen molar-refractivity contribution in [3.05, 3.63) is 71.4 Å². The van der Waals surface area contributed by atoms with E-state index >= 15 is 0 Å². The van der Waals surface area contributed by atoms with Crippen LogP contribution in [0.5, 0.6) is 0 Å². The lowest BCUT2D eigenvalue weighted by molar-refractivity contribution is 0.568. The summed E-state index contributed by atoms with van der Waals surface area (Å²) in [6, 6.07) is 11.3. The number of anilines is 4. The normalized spacial score (nSPS) is 11.3. The average molecular weight is 516 g/mol. The highest BCUT2D eigenvalue weighted by molar-refractivity contribution is 7.94. The quantitative estimate of drug-likeness (QED) is 0.400. The summed E-state index contributed by atoms with van der Waals surface area (Å²) >= 11 is 12.2. The van der Waals surface area contributed by atoms with Crippen molar-refractivity contribution in [2.75, 3.05) is 41.2 Å². The third-order valence-electron chi connectivity index (χ3n) is 4.68. The van der Waals surface area contributed by atoms with E-state index in [9.17, 15) is 17.2 Å². The van der Waals surface area contributed by atoms with Gasteiger partial charge >= 0.3 is 0 Å². The first-order valence-electron chi connectivity index (χ1n) is 9.68. The largest absolute Gasteiger partial charge is 0.372 e. The molecule has 2 aromatic carbocycles. The Morgan fingerprint density at radius 1 is 1.09 bits per heavy atom. The number of likely N-dealkylation sites (N-methyl/N-ethyl adjacent to an activating group) is 2. The minimum Gasteiger partial charge on any atom is -0.372 e. The van der Waals surface area contributed by atoms with Gasteiger partial charge in [-0.25, -0.2) is 13.8 Å². The molecule has 0 bridgehead atoms. The van der Waals surface area contributed by atoms with Crippen molar-refractivity contribution in [1.82, 2.24) is 10.3 Å². The summed E-state index contributed by atoms with van der Waals surface area (Å²) in [6.07, 6.45) is 0.793. The van der Waals surface area contributed by atoms with Crippen LogP contribution in [0.1, 0.15) is 0 Å². The number of pyridine rings is 1. The second kappa shape index (κ2) is 10.5. The highest BCUT2D eigenvalue weighted by Gasteiger charge is 2.29. The summed E-state index contributed by atoms with van der Waals surface area (Å²) in [6.45, 7) is 1.47. The van der Waals surface area contributed by atoms with Gasteiger partial charge in [0.25, 0.3) is 10.0 Å². The molecule has 3 aromatic rings. The molecule has 0 atom stereocenters. The van der Waals surface area contributed by atoms with E-state index < -0.39 is 26.6 Å². The standard InChI is InChI=1S/C21H21Cl2F2N5O2S/c1-26-9-10-29(2)19-6-4-3-5-17(19)28-18-12-16(25)20(11-15(18)22)33(31,32)30(23)21-8-7-14(24)13-27-21/h3-8,11-13,26,28H,9-10H2,1-2H3. The maximum absolute atomic E-state index is 14.9. The zero-order chi connectivity index (χ0) is 24.2. The number of nitrogens with one attached hydrogen (secondary N) is 2. The van der Waals surface area contributed by atoms with Crippen LogP contribution >= 0.6 is 23.4 Å². The molecule has 1 heterocycles. The topological polar surface area (TPSA) is 77.6 Å². The zero-order valence-electron chi connectivity index (χ0n) is 17.7. The van der Waals surface area contributed by atoms with Crippen molar-refractivity contribution < 1.29 is 17.2 Å². The second-order valence-corrected chi connectivity index (χ2v) is 9.69. The lowest BCUT2D eigenvalue weighted by Crippen LogP contribution is -2.27. The maximum atomic E-state index is 14.9. The predicted octanol–water partition coefficient (Wildman–Crippen LogP) is 4.76. The van der Waals surface area contributed by atoms with Gasteiger partial charge in [-0.2, -0.15) is 12.2 Å². The Bertz CT molecular complexity index is 1230. The Morgan fingerprint density at radius 2 is 1.82 bits per heavy atom. The van der Waals surface area contributed by atoms with E-state index in [1.54, 1.807) is 6.07 Å². The molecule has 0 aliphatic carbocycles. The third-order valence-corrected chi connectivity index (χ3v) is 7.19. The molecule has 0 amide bonds. The van der Waals surface area contributed by atoms with E-state index in [-0.39, 0.29) is 20.4 Å². The molecule has 12 heteroatoms. The van der Waals surface area contributed by atoms with Gasteiger partial charge in [-0.15, -0.1) is 0 Å². The molecule has 33 heavy (non-hydrogen) atoms. The fourth-order valence-electron chi connectivity index (χ4n) is 2.96. The molecular formula is C21H21Cl2F2N5O2S. The minimum absolute atomic E-state index is 0.0419. The molecule has 0 unspecified atom stereocenters. The molecule has 0 aliphatic heterocycles. The zero-order valence-corrected chi connectivity index (χ0v) is 20.0. The lowest BCUT2D eigenvalue weighted by Gasteiger charge is -2.23. The van der Waals surface area contributed by atoms with Crippen molar-refractivity contribution in [1.29, 1.82) is 0 Å². The highest BCUT2D eigenvalue weighted by atomic mass is 35.5. The highest BCUT2D eigenvalue weighted by Crippen LogP contribution is 2.35. The second-order valence-electron chi connectivity index (χ2n) is 6.98. The maximum Gasteiger partial charge on any atom is 0.282 e. The van der Waals surface area contributed by atoms with Gasteiger partial charge in [0.15, 0.2) is 5.82 Å². The van der Waals surface area contributed by atoms with Gasteiger partial charge in [0, 0.05) is 38.0 Å². The number of halogens is 4. The van der Waals surface area contributed by atoms with Crippen LogP contribution in [-0.2, 0) is 10.0 Å². The van der Waals surface area contributed by atoms with Crippen molar-refractivity contribution >= 4 is 56.3 Å². The van der Waals surface area contributed by atoms with Gasteiger partial charge in [0.05, 0.1) is 28.3 Å². The van der Waals surface area contributed by atoms with Crippen LogP contribution in [0.25, 0.3) is 0 Å². The first-order chi connectivity index (χ1) is 15.6. The van der Waals surface area contributed by atoms with E-state index in [0.29, 0.717) is 5.69 Å². The van der Waals surface area contributed by atoms with Crippen LogP contribution in [0.2, 0.25) is 5.02 Å². The number of nitrogens with zero attached hydrogens (tertiary/aromatic N) is 3. The predicted molar refractivity (Wildman–Crippen MR) is 128 cm³/mol. The monoisotopic (exact) mass is 515 g/mol. The molecule has 0 saturated heterocycles. The van der Waals surface area contributed by atoms with E-state index in [1.165, 1.54) is 0 Å². The van der Waals surface area contributed by atoms with Crippen molar-refractivity contribution in [2.45, 2.75) is 4.90 Å². The molecule has 0 radical (unpaired) electrons. The van der Waals surface area contributed by atoms with Crippen molar-refractivity contribution in [2.24, 2.45) is 0 Å². The number of rotatable bonds is 9. The molecular weight excluding hydrogens is 495 g/mol. The summed E-state index contributed by atoms with van der Waals surface area (Å²) < 4.78 is 53.9. The van der Waals surface area contributed by atoms with Crippen molar-refractivity contribution in [3.63, 3.8) is 0 Å². The van der Waals surface area contributed by atoms with Crippen LogP contribution < -0.4 is 19.4 Å². The fourth-order valence-corrected chi connectivity index (χ4v) is 4.66. The molecule has 3 rings (SSSR count). The number of para-hydroxylation sites is 2. The average Bonchev–Trinajstić information content (AvgIpc) is 2.79. The molecule has 7 nitrogen and oxygen atoms in total. The number of hydrogen-bond donors (Lipinski definition) is 2. The summed E-state index contributed by atoms with van der Waals surface area (Å²) in [7, 11) is -0.806. The Balaban J connectivity index is 1.92. The summed E-state index contributed by atoms with van der Waals surface area (Å²) in [5.41, 5.74) is 1.67. The Kier molecular flexibility index (Phi) is 7.96. The van der Waals surface area contributed by atoms with Gasteiger partial charge < -0.3 is 15.5 Å². The third kappa shape index (κ3) is 5.64. The summed E-state index contributed by atoms with van der Waals surface area (Å²) in [5, 5.41) is 6.08. The van der Waals surface area contributed by atoms with Gasteiger partial charge in [-0.3, -0.25) is 0 Å². The Morgan fingerprint density at radius 3 is 2.48 bits per heavy atom. The van der Waals surface area contributed by atoms with E-state index in [1.807, 2.05) is 37.2 Å². The van der Waals surface area contributed by atoms with Gasteiger partial charge in [0.2, 0.25) is 0 Å². The summed E-state index contributed by atoms with van der Waals surface area (Å²) in [5.74, 6) is -2.05. The SMILES string of the molecule is CNCCN(C)c1ccccc1Nc1cc(F)c(S(=O)(=O)N(Cl)c2ccc(F)cn2)cc1Cl. The molecule has 2 N–H and O–H groups in total. The van der Waals surface area contributed by atoms with Crippen LogP contribution in [-0.4, -0.2) is 40.6 Å². The first kappa shape index (κ1) is 25.0. The number of benzene rings is 2.